The Labute approximate surface area is 173 Å². The molecule has 0 radical (unpaired) electrons. The molecule has 0 saturated carbocycles. The monoisotopic (exact) mass is 424 g/mol. The second-order valence-corrected chi connectivity index (χ2v) is 19.2. The first-order chi connectivity index (χ1) is 12.9. The zero-order chi connectivity index (χ0) is 21.5. The Morgan fingerprint density at radius 1 is 1.14 bits per heavy atom. The van der Waals surface area contributed by atoms with Gasteiger partial charge in [-0.25, -0.2) is 0 Å². The molecule has 0 aromatic carbocycles. The van der Waals surface area contributed by atoms with Crippen LogP contribution in [0.25, 0.3) is 0 Å². The second kappa shape index (κ2) is 10.7. The lowest BCUT2D eigenvalue weighted by molar-refractivity contribution is -0.115. The molecule has 28 heavy (non-hydrogen) atoms. The molecule has 1 unspecified atom stereocenters. The van der Waals surface area contributed by atoms with Crippen LogP contribution in [0.1, 0.15) is 53.4 Å². The van der Waals surface area contributed by atoms with Crippen molar-refractivity contribution in [3.05, 3.63) is 23.8 Å². The van der Waals surface area contributed by atoms with Gasteiger partial charge in [0.05, 0.1) is 12.7 Å². The summed E-state index contributed by atoms with van der Waals surface area (Å²) in [7, 11) is -3.69. The van der Waals surface area contributed by atoms with Crippen LogP contribution < -0.4 is 0 Å². The molecule has 160 valence electrons. The summed E-state index contributed by atoms with van der Waals surface area (Å²) in [6.45, 7) is 17.6. The third-order valence-electron chi connectivity index (χ3n) is 6.20. The fourth-order valence-electron chi connectivity index (χ4n) is 2.59. The van der Waals surface area contributed by atoms with E-state index in [1.807, 2.05) is 12.2 Å². The van der Waals surface area contributed by atoms with Gasteiger partial charge >= 0.3 is 0 Å². The first-order valence-electron chi connectivity index (χ1n) is 10.6. The van der Waals surface area contributed by atoms with Crippen LogP contribution in [-0.4, -0.2) is 40.5 Å². The average Bonchev–Trinajstić information content (AvgIpc) is 2.91. The molecule has 0 fully saturated rings. The minimum atomic E-state index is -1.95. The second-order valence-electron chi connectivity index (χ2n) is 9.56. The number of carbonyl (C=O) groups is 2. The number of hydrogen-bond acceptors (Lipinski definition) is 4. The van der Waals surface area contributed by atoms with E-state index >= 15 is 0 Å². The minimum Gasteiger partial charge on any atom is -0.470 e. The lowest BCUT2D eigenvalue weighted by Gasteiger charge is -2.29. The topological polar surface area (TPSA) is 52.6 Å². The van der Waals surface area contributed by atoms with E-state index < -0.39 is 16.4 Å². The van der Waals surface area contributed by atoms with Gasteiger partial charge in [0, 0.05) is 6.42 Å². The van der Waals surface area contributed by atoms with E-state index in [0.29, 0.717) is 30.5 Å². The Bertz CT molecular complexity index is 604. The summed E-state index contributed by atoms with van der Waals surface area (Å²) in [5.74, 6) is 0.206. The summed E-state index contributed by atoms with van der Waals surface area (Å²) in [4.78, 5) is 24.4. The largest absolute Gasteiger partial charge is 0.470 e. The highest BCUT2D eigenvalue weighted by atomic mass is 28.4. The molecule has 0 aromatic rings. The third kappa shape index (κ3) is 7.45. The molecule has 0 amide bonds. The lowest BCUT2D eigenvalue weighted by atomic mass is 10.1. The van der Waals surface area contributed by atoms with Crippen LogP contribution in [0.5, 0.6) is 0 Å². The molecule has 6 heteroatoms. The molecule has 1 rings (SSSR count). The smallest absolute Gasteiger partial charge is 0.271 e. The van der Waals surface area contributed by atoms with Crippen LogP contribution in [0.15, 0.2) is 23.8 Å². The van der Waals surface area contributed by atoms with Gasteiger partial charge in [0.25, 0.3) is 5.59 Å². The molecule has 1 atom stereocenters. The Balaban J connectivity index is 2.34. The zero-order valence-electron chi connectivity index (χ0n) is 19.1. The minimum absolute atomic E-state index is 0.00658. The summed E-state index contributed by atoms with van der Waals surface area (Å²) >= 11 is 0. The maximum Gasteiger partial charge on any atom is 0.271 e. The van der Waals surface area contributed by atoms with E-state index in [2.05, 4.69) is 60.0 Å². The standard InChI is InChI=1S/C22H40O4Si2/c1-17(2)27(5,6)22(24)25-14-12-10-9-11-13-19-15-20(16-21(19)23)26-28(7,8)18(3)4/h9,11,15,17-18,20H,10,12-14,16H2,1-8H3. The van der Waals surface area contributed by atoms with Gasteiger partial charge in [-0.2, -0.15) is 0 Å². The van der Waals surface area contributed by atoms with Crippen molar-refractivity contribution in [3.8, 4) is 0 Å². The Morgan fingerprint density at radius 3 is 2.36 bits per heavy atom. The van der Waals surface area contributed by atoms with Crippen LogP contribution >= 0.6 is 0 Å². The van der Waals surface area contributed by atoms with Crippen molar-refractivity contribution >= 4 is 27.8 Å². The number of Topliss-reactive ketones (excluding diaryl/α,β-unsaturated/α-hetero) is 1. The Morgan fingerprint density at radius 2 is 1.79 bits per heavy atom. The molecular weight excluding hydrogens is 384 g/mol. The van der Waals surface area contributed by atoms with E-state index in [4.69, 9.17) is 9.16 Å². The predicted molar refractivity (Wildman–Crippen MR) is 122 cm³/mol. The van der Waals surface area contributed by atoms with E-state index in [1.165, 1.54) is 0 Å². The summed E-state index contributed by atoms with van der Waals surface area (Å²) < 4.78 is 11.7. The third-order valence-corrected chi connectivity index (χ3v) is 14.0. The molecule has 1 aliphatic rings. The normalized spacial score (nSPS) is 18.4. The van der Waals surface area contributed by atoms with Gasteiger partial charge in [0.15, 0.2) is 22.2 Å². The van der Waals surface area contributed by atoms with E-state index in [0.717, 1.165) is 18.4 Å². The van der Waals surface area contributed by atoms with Crippen molar-refractivity contribution in [2.45, 2.75) is 96.8 Å². The molecule has 0 aromatic heterocycles. The number of carbonyl (C=O) groups excluding carboxylic acids is 2. The van der Waals surface area contributed by atoms with Gasteiger partial charge in [-0.15, -0.1) is 0 Å². The first kappa shape index (κ1) is 25.1. The van der Waals surface area contributed by atoms with Gasteiger partial charge in [0.1, 0.15) is 0 Å². The molecule has 0 N–H and O–H groups in total. The van der Waals surface area contributed by atoms with Crippen LogP contribution in [0.2, 0.25) is 37.3 Å². The lowest BCUT2D eigenvalue weighted by Crippen LogP contribution is -2.41. The number of rotatable bonds is 11. The zero-order valence-corrected chi connectivity index (χ0v) is 21.1. The summed E-state index contributed by atoms with van der Waals surface area (Å²) in [5.41, 5.74) is 1.79. The molecule has 0 bridgehead atoms. The summed E-state index contributed by atoms with van der Waals surface area (Å²) in [6, 6.07) is 0. The van der Waals surface area contributed by atoms with Crippen LogP contribution in [-0.2, 0) is 14.0 Å². The highest BCUT2D eigenvalue weighted by Gasteiger charge is 2.36. The predicted octanol–water partition coefficient (Wildman–Crippen LogP) is 6.45. The maximum absolute atomic E-state index is 12.2. The highest BCUT2D eigenvalue weighted by Crippen LogP contribution is 2.29. The molecule has 0 aliphatic heterocycles. The van der Waals surface area contributed by atoms with E-state index in [9.17, 15) is 9.59 Å². The van der Waals surface area contributed by atoms with Crippen LogP contribution in [0.4, 0.5) is 4.79 Å². The van der Waals surface area contributed by atoms with Gasteiger partial charge in [0.2, 0.25) is 0 Å². The summed E-state index contributed by atoms with van der Waals surface area (Å²) in [6.07, 6.45) is 8.91. The van der Waals surface area contributed by atoms with Crippen molar-refractivity contribution in [1.82, 2.24) is 0 Å². The molecular formula is C22H40O4Si2. The van der Waals surface area contributed by atoms with Crippen molar-refractivity contribution < 1.29 is 18.8 Å². The average molecular weight is 425 g/mol. The Kier molecular flexibility index (Phi) is 9.57. The van der Waals surface area contributed by atoms with E-state index in [-0.39, 0.29) is 17.5 Å². The van der Waals surface area contributed by atoms with Crippen LogP contribution in [0, 0.1) is 0 Å². The number of hydrogen-bond donors (Lipinski definition) is 0. The van der Waals surface area contributed by atoms with Gasteiger partial charge in [-0.3, -0.25) is 9.59 Å². The molecule has 0 saturated heterocycles. The van der Waals surface area contributed by atoms with Crippen LogP contribution in [0.3, 0.4) is 0 Å². The number of allylic oxidation sites excluding steroid dienone is 3. The van der Waals surface area contributed by atoms with Crippen molar-refractivity contribution in [1.29, 1.82) is 0 Å². The molecule has 0 heterocycles. The summed E-state index contributed by atoms with van der Waals surface area (Å²) in [5, 5.41) is 0. The SMILES string of the molecule is CC(C)[Si](C)(C)OC1C=C(CC=CCCCOC(=O)[Si](C)(C)C(C)C)C(=O)C1. The van der Waals surface area contributed by atoms with Gasteiger partial charge in [-0.1, -0.05) is 52.9 Å². The number of unbranched alkanes of at least 4 members (excludes halogenated alkanes) is 1. The fraction of sp³-hybridized carbons (Fsp3) is 0.727. The van der Waals surface area contributed by atoms with Gasteiger partial charge < -0.3 is 9.16 Å². The highest BCUT2D eigenvalue weighted by molar-refractivity contribution is 7.04. The van der Waals surface area contributed by atoms with Gasteiger partial charge in [-0.05, 0) is 55.1 Å². The first-order valence-corrected chi connectivity index (χ1v) is 16.7. The molecule has 4 nitrogen and oxygen atoms in total. The number of ketones is 1. The maximum atomic E-state index is 12.2. The molecule has 0 spiro atoms. The quantitative estimate of drug-likeness (QED) is 0.217. The molecule has 1 aliphatic carbocycles. The fourth-order valence-corrected chi connectivity index (χ4v) is 4.74. The Hall–Kier alpha value is -0.986. The number of ether oxygens (including phenoxy) is 1. The van der Waals surface area contributed by atoms with Crippen molar-refractivity contribution in [3.63, 3.8) is 0 Å². The van der Waals surface area contributed by atoms with E-state index in [1.54, 1.807) is 0 Å². The van der Waals surface area contributed by atoms with Crippen molar-refractivity contribution in [2.75, 3.05) is 6.61 Å². The van der Waals surface area contributed by atoms with Crippen molar-refractivity contribution in [2.24, 2.45) is 0 Å².